The monoisotopic (exact) mass is 942 g/mol. The maximum atomic E-state index is 13.5. The Kier molecular flexibility index (Phi) is 12.9. The van der Waals surface area contributed by atoms with E-state index < -0.39 is 11.9 Å². The Hall–Kier alpha value is -5.49. The van der Waals surface area contributed by atoms with Crippen LogP contribution in [0.5, 0.6) is 5.75 Å². The van der Waals surface area contributed by atoms with Gasteiger partial charge in [0, 0.05) is 86.5 Å². The maximum absolute atomic E-state index is 13.5. The summed E-state index contributed by atoms with van der Waals surface area (Å²) in [6.07, 6.45) is 6.18. The fraction of sp³-hybridized carbons (Fsp3) is 0.511. The third kappa shape index (κ3) is 8.77. The molecule has 6 heterocycles. The number of likely N-dealkylation sites (N-methyl/N-ethyl adjacent to an activating group) is 1. The van der Waals surface area contributed by atoms with Gasteiger partial charge in [-0.05, 0) is 96.2 Å². The number of halogens is 2. The fourth-order valence-corrected chi connectivity index (χ4v) is 10.8. The lowest BCUT2D eigenvalue weighted by atomic mass is 9.86. The number of benzene rings is 2. The molecule has 0 bridgehead atoms. The highest BCUT2D eigenvalue weighted by atomic mass is 35.5. The zero-order valence-corrected chi connectivity index (χ0v) is 39.3. The topological polar surface area (TPSA) is 184 Å². The molecule has 19 heteroatoms. The molecule has 1 aliphatic carbocycles. The predicted octanol–water partition coefficient (Wildman–Crippen LogP) is 5.60. The number of aromatic nitrogens is 3. The molecule has 4 aromatic rings. The smallest absolute Gasteiger partial charge is 0.293 e. The molecule has 3 saturated heterocycles. The van der Waals surface area contributed by atoms with E-state index in [4.69, 9.17) is 37.7 Å². The summed E-state index contributed by atoms with van der Waals surface area (Å²) in [6, 6.07) is 10.5. The summed E-state index contributed by atoms with van der Waals surface area (Å²) in [4.78, 5) is 81.2. The Morgan fingerprint density at radius 2 is 1.74 bits per heavy atom. The van der Waals surface area contributed by atoms with Crippen LogP contribution in [0.25, 0.3) is 10.9 Å². The van der Waals surface area contributed by atoms with Gasteiger partial charge in [-0.3, -0.25) is 34.2 Å². The normalized spacial score (nSPS) is 23.8. The molecule has 4 amide bonds. The van der Waals surface area contributed by atoms with Gasteiger partial charge in [0.25, 0.3) is 17.4 Å². The van der Waals surface area contributed by atoms with E-state index in [1.54, 1.807) is 21.7 Å². The lowest BCUT2D eigenvalue weighted by Gasteiger charge is -2.50. The van der Waals surface area contributed by atoms with Crippen LogP contribution >= 0.6 is 23.2 Å². The highest BCUT2D eigenvalue weighted by Gasteiger charge is 2.45. The summed E-state index contributed by atoms with van der Waals surface area (Å²) in [7, 11) is 1.51. The molecule has 1 unspecified atom stereocenters. The predicted molar refractivity (Wildman–Crippen MR) is 252 cm³/mol. The average Bonchev–Trinajstić information content (AvgIpc) is 3.53. The van der Waals surface area contributed by atoms with Gasteiger partial charge in [0.2, 0.25) is 17.8 Å². The number of hydrogen-bond acceptors (Lipinski definition) is 13. The molecule has 0 radical (unpaired) electrons. The number of amides is 4. The first-order chi connectivity index (χ1) is 31.7. The molecule has 1 saturated carbocycles. The van der Waals surface area contributed by atoms with Crippen molar-refractivity contribution < 1.29 is 28.7 Å². The molecule has 2 aromatic heterocycles. The minimum atomic E-state index is -0.703. The zero-order valence-electron chi connectivity index (χ0n) is 37.8. The number of carbonyl (C=O) groups is 4. The highest BCUT2D eigenvalue weighted by Crippen LogP contribution is 2.45. The summed E-state index contributed by atoms with van der Waals surface area (Å²) in [5, 5.41) is 9.89. The second-order valence-electron chi connectivity index (χ2n) is 18.3. The molecule has 3 atom stereocenters. The Bertz CT molecular complexity index is 2630. The lowest BCUT2D eigenvalue weighted by Crippen LogP contribution is -2.59. The molecular formula is C47H56Cl2N10O7. The van der Waals surface area contributed by atoms with Crippen molar-refractivity contribution in [2.75, 3.05) is 61.5 Å². The van der Waals surface area contributed by atoms with Crippen molar-refractivity contribution in [3.8, 4) is 5.75 Å². The second-order valence-corrected chi connectivity index (χ2v) is 19.1. The average molecular weight is 944 g/mol. The van der Waals surface area contributed by atoms with E-state index in [9.17, 15) is 24.0 Å². The van der Waals surface area contributed by atoms with Crippen LogP contribution in [-0.4, -0.2) is 125 Å². The molecule has 3 N–H and O–H groups in total. The van der Waals surface area contributed by atoms with Gasteiger partial charge < -0.3 is 39.4 Å². The number of ether oxygens (including phenoxy) is 2. The van der Waals surface area contributed by atoms with Crippen molar-refractivity contribution in [1.29, 1.82) is 0 Å². The summed E-state index contributed by atoms with van der Waals surface area (Å²) in [5.74, 6) is -0.182. The number of carbonyl (C=O) groups excluding carboxylic acids is 4. The molecular weight excluding hydrogens is 887 g/mol. The second kappa shape index (κ2) is 18.7. The highest BCUT2D eigenvalue weighted by molar-refractivity contribution is 6.35. The van der Waals surface area contributed by atoms with Crippen LogP contribution in [0, 0.1) is 0 Å². The Morgan fingerprint density at radius 3 is 2.45 bits per heavy atom. The number of anilines is 4. The van der Waals surface area contributed by atoms with Gasteiger partial charge in [-0.15, -0.1) is 0 Å². The summed E-state index contributed by atoms with van der Waals surface area (Å²) >= 11 is 13.7. The van der Waals surface area contributed by atoms with E-state index in [-0.39, 0.29) is 72.4 Å². The largest absolute Gasteiger partial charge is 0.478 e. The van der Waals surface area contributed by atoms with E-state index in [0.29, 0.717) is 45.5 Å². The van der Waals surface area contributed by atoms with Crippen LogP contribution in [0.2, 0.25) is 10.0 Å². The van der Waals surface area contributed by atoms with Crippen LogP contribution < -0.4 is 36.0 Å². The van der Waals surface area contributed by atoms with Gasteiger partial charge in [0.15, 0.2) is 18.2 Å². The summed E-state index contributed by atoms with van der Waals surface area (Å²) in [5.41, 5.74) is 3.29. The van der Waals surface area contributed by atoms with Gasteiger partial charge in [0.1, 0.15) is 11.1 Å². The van der Waals surface area contributed by atoms with Crippen molar-refractivity contribution in [1.82, 2.24) is 35.0 Å². The quantitative estimate of drug-likeness (QED) is 0.150. The van der Waals surface area contributed by atoms with E-state index >= 15 is 0 Å². The van der Waals surface area contributed by atoms with Crippen LogP contribution in [0.3, 0.4) is 0 Å². The number of pyridine rings is 1. The first-order valence-electron chi connectivity index (χ1n) is 22.9. The van der Waals surface area contributed by atoms with Gasteiger partial charge >= 0.3 is 0 Å². The molecule has 2 aromatic carbocycles. The maximum Gasteiger partial charge on any atom is 0.293 e. The number of piperidine rings is 2. The molecule has 4 aliphatic heterocycles. The minimum absolute atomic E-state index is 0.0898. The minimum Gasteiger partial charge on any atom is -0.478 e. The molecule has 0 spiro atoms. The van der Waals surface area contributed by atoms with E-state index in [0.717, 1.165) is 80.6 Å². The third-order valence-corrected chi connectivity index (χ3v) is 14.5. The summed E-state index contributed by atoms with van der Waals surface area (Å²) in [6.45, 7) is 11.8. The molecule has 17 nitrogen and oxygen atoms in total. The standard InChI is InChI=1S/C47H56Cl2N10O7/c1-25(2)58-35-8-6-29(18-28(35)19-38(46(58)64)65-24-40(61)50-5)52-43-34(48)22-51-47(54-43)55-14-12-31(13-15-55)66-32-20-30(21-32)56-16-17-57(26(3)23-56)36-9-7-33-41(42(36)49)27(4)59(45(33)63)37-10-11-39(60)53-44(37)62/h6-9,18-19,22,25-27,30-32,37H,10-17,20-21,23-24H2,1-5H3,(H,50,61)(H,51,52,54)(H,53,60,62)/t26-,27-,30?,32?,37?/m1/s1. The molecule has 350 valence electrons. The van der Waals surface area contributed by atoms with Crippen molar-refractivity contribution in [3.05, 3.63) is 74.1 Å². The molecule has 5 aliphatic rings. The first-order valence-corrected chi connectivity index (χ1v) is 23.7. The number of hydrogen-bond donors (Lipinski definition) is 3. The van der Waals surface area contributed by atoms with Gasteiger partial charge in [-0.25, -0.2) is 4.98 Å². The van der Waals surface area contributed by atoms with Crippen molar-refractivity contribution >= 4 is 80.9 Å². The van der Waals surface area contributed by atoms with Gasteiger partial charge in [-0.2, -0.15) is 4.98 Å². The van der Waals surface area contributed by atoms with E-state index in [1.165, 1.54) is 7.05 Å². The number of fused-ring (bicyclic) bond motifs is 2. The van der Waals surface area contributed by atoms with Gasteiger partial charge in [-0.1, -0.05) is 23.2 Å². The summed E-state index contributed by atoms with van der Waals surface area (Å²) < 4.78 is 13.9. The Morgan fingerprint density at radius 1 is 0.970 bits per heavy atom. The Balaban J connectivity index is 0.762. The lowest BCUT2D eigenvalue weighted by molar-refractivity contribution is -0.137. The first kappa shape index (κ1) is 45.7. The number of imide groups is 1. The van der Waals surface area contributed by atoms with Gasteiger partial charge in [0.05, 0.1) is 40.7 Å². The van der Waals surface area contributed by atoms with Crippen molar-refractivity contribution in [3.63, 3.8) is 0 Å². The van der Waals surface area contributed by atoms with Crippen LogP contribution in [0.4, 0.5) is 23.1 Å². The van der Waals surface area contributed by atoms with Crippen molar-refractivity contribution in [2.45, 2.75) is 109 Å². The van der Waals surface area contributed by atoms with E-state index in [2.05, 4.69) is 42.6 Å². The number of rotatable bonds is 12. The SMILES string of the molecule is CNC(=O)COc1cc2cc(Nc3nc(N4CCC(OC5CC(N6CCN(c7ccc8c(c7Cl)[C@@H](C)N(C7CCC(=O)NC7=O)C8=O)[C@H](C)C6)C5)CC4)ncc3Cl)ccc2n(C(C)C)c1=O. The number of piperazine rings is 1. The third-order valence-electron chi connectivity index (χ3n) is 13.8. The van der Waals surface area contributed by atoms with Crippen LogP contribution in [0.15, 0.2) is 47.4 Å². The Labute approximate surface area is 393 Å². The number of nitrogens with zero attached hydrogens (tertiary/aromatic N) is 7. The van der Waals surface area contributed by atoms with Crippen molar-refractivity contribution in [2.24, 2.45) is 0 Å². The zero-order chi connectivity index (χ0) is 46.6. The molecule has 4 fully saturated rings. The number of nitrogens with one attached hydrogen (secondary N) is 3. The fourth-order valence-electron chi connectivity index (χ4n) is 10.3. The molecule has 66 heavy (non-hydrogen) atoms. The molecule has 9 rings (SSSR count). The van der Waals surface area contributed by atoms with E-state index in [1.807, 2.05) is 51.1 Å². The van der Waals surface area contributed by atoms with Crippen LogP contribution in [0.1, 0.15) is 94.2 Å². The van der Waals surface area contributed by atoms with Crippen LogP contribution in [-0.2, 0) is 19.1 Å².